The molecule has 9 nitrogen and oxygen atoms in total. The van der Waals surface area contributed by atoms with Gasteiger partial charge in [0.2, 0.25) is 5.91 Å². The van der Waals surface area contributed by atoms with Crippen LogP contribution in [0.2, 0.25) is 0 Å². The topological polar surface area (TPSA) is 141 Å². The van der Waals surface area contributed by atoms with Crippen molar-refractivity contribution in [3.05, 3.63) is 70.2 Å². The van der Waals surface area contributed by atoms with Gasteiger partial charge in [0.15, 0.2) is 5.69 Å². The summed E-state index contributed by atoms with van der Waals surface area (Å²) >= 11 is 0.789. The number of primary amides is 1. The van der Waals surface area contributed by atoms with Gasteiger partial charge in [-0.1, -0.05) is 49.1 Å². The lowest BCUT2D eigenvalue weighted by atomic mass is 9.94. The number of benzene rings is 2. The molecule has 38 heavy (non-hydrogen) atoms. The lowest BCUT2D eigenvalue weighted by Crippen LogP contribution is -2.47. The van der Waals surface area contributed by atoms with Gasteiger partial charge in [-0.25, -0.2) is 0 Å². The lowest BCUT2D eigenvalue weighted by Gasteiger charge is -2.33. The van der Waals surface area contributed by atoms with Crippen molar-refractivity contribution in [3.8, 4) is 5.75 Å². The van der Waals surface area contributed by atoms with E-state index in [9.17, 15) is 14.4 Å². The summed E-state index contributed by atoms with van der Waals surface area (Å²) in [5, 5.41) is 3.18. The van der Waals surface area contributed by atoms with Gasteiger partial charge in [0, 0.05) is 11.7 Å². The number of ether oxygens (including phenoxy) is 1. The van der Waals surface area contributed by atoms with Gasteiger partial charge < -0.3 is 21.5 Å². The molecule has 1 saturated carbocycles. The minimum Gasteiger partial charge on any atom is -0.494 e. The molecule has 0 saturated heterocycles. The number of carbonyl (C=O) groups is 3. The molecule has 10 heteroatoms. The zero-order chi connectivity index (χ0) is 27.2. The normalized spacial score (nSPS) is 14.5. The molecule has 1 aliphatic rings. The van der Waals surface area contributed by atoms with E-state index in [2.05, 4.69) is 9.69 Å². The molecule has 1 heterocycles. The highest BCUT2D eigenvalue weighted by Crippen LogP contribution is 2.34. The van der Waals surface area contributed by atoms with Crippen LogP contribution < -0.4 is 26.4 Å². The van der Waals surface area contributed by atoms with Crippen molar-refractivity contribution in [2.75, 3.05) is 17.2 Å². The van der Waals surface area contributed by atoms with Crippen LogP contribution in [0.1, 0.15) is 76.4 Å². The Morgan fingerprint density at radius 1 is 1.08 bits per heavy atom. The number of aryl methyl sites for hydroxylation is 1. The predicted molar refractivity (Wildman–Crippen MR) is 148 cm³/mol. The van der Waals surface area contributed by atoms with Crippen LogP contribution in [0.4, 0.5) is 11.4 Å². The quantitative estimate of drug-likeness (QED) is 0.372. The SMILES string of the molecule is CCOc1ccc(C(C(=O)NC2CCCCC2)N(C(=O)c2snc(C(N)=O)c2N)c2ccc(C)cc2)cc1. The first kappa shape index (κ1) is 27.1. The van der Waals surface area contributed by atoms with E-state index in [0.29, 0.717) is 23.6 Å². The maximum Gasteiger partial charge on any atom is 0.273 e. The molecule has 5 N–H and O–H groups in total. The van der Waals surface area contributed by atoms with Crippen molar-refractivity contribution in [3.63, 3.8) is 0 Å². The van der Waals surface area contributed by atoms with Crippen LogP contribution in [0.5, 0.6) is 5.75 Å². The molecular formula is C28H33N5O4S. The fraction of sp³-hybridized carbons (Fsp3) is 0.357. The van der Waals surface area contributed by atoms with Gasteiger partial charge in [-0.2, -0.15) is 4.37 Å². The van der Waals surface area contributed by atoms with Crippen molar-refractivity contribution in [2.24, 2.45) is 5.73 Å². The number of rotatable bonds is 9. The Morgan fingerprint density at radius 3 is 2.32 bits per heavy atom. The molecule has 3 aromatic rings. The molecule has 4 rings (SSSR count). The highest BCUT2D eigenvalue weighted by Gasteiger charge is 2.37. The first-order chi connectivity index (χ1) is 18.3. The average Bonchev–Trinajstić information content (AvgIpc) is 3.30. The molecule has 2 aromatic carbocycles. The van der Waals surface area contributed by atoms with E-state index >= 15 is 0 Å². The molecule has 1 unspecified atom stereocenters. The average molecular weight is 536 g/mol. The molecule has 1 atom stereocenters. The van der Waals surface area contributed by atoms with Gasteiger partial charge in [0.25, 0.3) is 11.8 Å². The smallest absolute Gasteiger partial charge is 0.273 e. The van der Waals surface area contributed by atoms with Crippen LogP contribution >= 0.6 is 11.5 Å². The van der Waals surface area contributed by atoms with Crippen molar-refractivity contribution in [1.82, 2.24) is 9.69 Å². The number of hydrogen-bond acceptors (Lipinski definition) is 7. The Bertz CT molecular complexity index is 1280. The summed E-state index contributed by atoms with van der Waals surface area (Å²) in [4.78, 5) is 41.4. The minimum absolute atomic E-state index is 0.0337. The van der Waals surface area contributed by atoms with Gasteiger partial charge in [-0.15, -0.1) is 0 Å². The fourth-order valence-corrected chi connectivity index (χ4v) is 5.43. The number of nitrogens with zero attached hydrogens (tertiary/aromatic N) is 2. The Balaban J connectivity index is 1.82. The predicted octanol–water partition coefficient (Wildman–Crippen LogP) is 4.37. The second-order valence-electron chi connectivity index (χ2n) is 9.40. The van der Waals surface area contributed by atoms with Crippen molar-refractivity contribution in [1.29, 1.82) is 0 Å². The van der Waals surface area contributed by atoms with Crippen molar-refractivity contribution in [2.45, 2.75) is 58.0 Å². The number of aromatic nitrogens is 1. The third-order valence-corrected chi connectivity index (χ3v) is 7.50. The first-order valence-corrected chi connectivity index (χ1v) is 13.6. The summed E-state index contributed by atoms with van der Waals surface area (Å²) in [6.07, 6.45) is 5.03. The highest BCUT2D eigenvalue weighted by molar-refractivity contribution is 7.09. The summed E-state index contributed by atoms with van der Waals surface area (Å²) in [5.41, 5.74) is 13.4. The Kier molecular flexibility index (Phi) is 8.62. The zero-order valence-electron chi connectivity index (χ0n) is 21.6. The van der Waals surface area contributed by atoms with Gasteiger partial charge in [-0.05, 0) is 68.1 Å². The molecule has 1 fully saturated rings. The summed E-state index contributed by atoms with van der Waals surface area (Å²) in [7, 11) is 0. The van der Waals surface area contributed by atoms with E-state index < -0.39 is 17.9 Å². The number of amides is 3. The number of nitrogen functional groups attached to an aromatic ring is 1. The molecule has 200 valence electrons. The summed E-state index contributed by atoms with van der Waals surface area (Å²) in [5.74, 6) is -1.01. The third kappa shape index (κ3) is 5.96. The second-order valence-corrected chi connectivity index (χ2v) is 10.2. The van der Waals surface area contributed by atoms with Gasteiger partial charge in [0.1, 0.15) is 16.7 Å². The largest absolute Gasteiger partial charge is 0.494 e. The lowest BCUT2D eigenvalue weighted by molar-refractivity contribution is -0.123. The van der Waals surface area contributed by atoms with Crippen LogP contribution in [0.25, 0.3) is 0 Å². The second kappa shape index (κ2) is 12.1. The van der Waals surface area contributed by atoms with Gasteiger partial charge in [-0.3, -0.25) is 19.3 Å². The van der Waals surface area contributed by atoms with E-state index in [0.717, 1.165) is 49.2 Å². The van der Waals surface area contributed by atoms with Crippen molar-refractivity contribution < 1.29 is 19.1 Å². The van der Waals surface area contributed by atoms with E-state index in [4.69, 9.17) is 16.2 Å². The minimum atomic E-state index is -1.01. The van der Waals surface area contributed by atoms with Gasteiger partial charge in [0.05, 0.1) is 12.3 Å². The Morgan fingerprint density at radius 2 is 1.74 bits per heavy atom. The first-order valence-electron chi connectivity index (χ1n) is 12.8. The fourth-order valence-electron chi connectivity index (χ4n) is 4.69. The molecule has 0 bridgehead atoms. The molecule has 1 aliphatic carbocycles. The zero-order valence-corrected chi connectivity index (χ0v) is 22.4. The van der Waals surface area contributed by atoms with Crippen LogP contribution in [-0.4, -0.2) is 34.7 Å². The highest BCUT2D eigenvalue weighted by atomic mass is 32.1. The van der Waals surface area contributed by atoms with Crippen LogP contribution in [0.3, 0.4) is 0 Å². The van der Waals surface area contributed by atoms with Crippen LogP contribution in [-0.2, 0) is 4.79 Å². The molecule has 0 radical (unpaired) electrons. The number of carbonyl (C=O) groups excluding carboxylic acids is 3. The van der Waals surface area contributed by atoms with E-state index in [1.54, 1.807) is 36.4 Å². The molecule has 1 aromatic heterocycles. The summed E-state index contributed by atoms with van der Waals surface area (Å²) in [6, 6.07) is 13.5. The summed E-state index contributed by atoms with van der Waals surface area (Å²) < 4.78 is 9.60. The standard InChI is InChI=1S/C28H33N5O4S/c1-3-37-21-15-11-18(12-16-21)24(27(35)31-19-7-5-4-6-8-19)33(20-13-9-17(2)10-14-20)28(36)25-22(29)23(26(30)34)32-38-25/h9-16,19,24H,3-8,29H2,1-2H3,(H2,30,34)(H,31,35). The number of hydrogen-bond donors (Lipinski definition) is 3. The maximum absolute atomic E-state index is 14.1. The van der Waals surface area contributed by atoms with Crippen LogP contribution in [0.15, 0.2) is 48.5 Å². The molecule has 0 aliphatic heterocycles. The Labute approximate surface area is 226 Å². The molecule has 3 amide bonds. The third-order valence-electron chi connectivity index (χ3n) is 6.65. The maximum atomic E-state index is 14.1. The number of nitrogens with one attached hydrogen (secondary N) is 1. The van der Waals surface area contributed by atoms with E-state index in [1.165, 1.54) is 4.90 Å². The van der Waals surface area contributed by atoms with E-state index in [1.807, 2.05) is 26.0 Å². The molecular weight excluding hydrogens is 502 g/mol. The Hall–Kier alpha value is -3.92. The summed E-state index contributed by atoms with van der Waals surface area (Å²) in [6.45, 7) is 4.34. The van der Waals surface area contributed by atoms with Crippen molar-refractivity contribution >= 4 is 40.6 Å². The van der Waals surface area contributed by atoms with Gasteiger partial charge >= 0.3 is 0 Å². The monoisotopic (exact) mass is 535 g/mol. The van der Waals surface area contributed by atoms with Crippen LogP contribution in [0, 0.1) is 6.92 Å². The number of nitrogens with two attached hydrogens (primary N) is 2. The molecule has 0 spiro atoms. The number of anilines is 2. The van der Waals surface area contributed by atoms with E-state index in [-0.39, 0.29) is 28.2 Å².